The summed E-state index contributed by atoms with van der Waals surface area (Å²) in [5, 5.41) is 6.31. The lowest BCUT2D eigenvalue weighted by molar-refractivity contribution is -0.127. The second kappa shape index (κ2) is 10.1. The molecular formula is C23H35N3O2. The first-order chi connectivity index (χ1) is 13.6. The molecule has 5 heteroatoms. The van der Waals surface area contributed by atoms with Gasteiger partial charge >= 0.3 is 0 Å². The number of rotatable bonds is 9. The first-order valence-corrected chi connectivity index (χ1v) is 10.9. The van der Waals surface area contributed by atoms with Crippen molar-refractivity contribution in [3.63, 3.8) is 0 Å². The summed E-state index contributed by atoms with van der Waals surface area (Å²) in [7, 11) is 0. The lowest BCUT2D eigenvalue weighted by Gasteiger charge is -2.31. The minimum atomic E-state index is 0.0999. The zero-order chi connectivity index (χ0) is 19.9. The van der Waals surface area contributed by atoms with Crippen molar-refractivity contribution in [3.8, 4) is 0 Å². The molecule has 3 rings (SSSR count). The molecule has 1 saturated heterocycles. The summed E-state index contributed by atoms with van der Waals surface area (Å²) < 4.78 is 0. The molecule has 1 aromatic rings. The highest BCUT2D eigenvalue weighted by Crippen LogP contribution is 2.41. The summed E-state index contributed by atoms with van der Waals surface area (Å²) in [6.45, 7) is 7.05. The fraction of sp³-hybridized carbons (Fsp3) is 0.652. The molecule has 2 amide bonds. The van der Waals surface area contributed by atoms with E-state index in [-0.39, 0.29) is 23.8 Å². The van der Waals surface area contributed by atoms with Crippen LogP contribution in [-0.2, 0) is 9.59 Å². The summed E-state index contributed by atoms with van der Waals surface area (Å²) in [4.78, 5) is 27.0. The maximum absolute atomic E-state index is 12.7. The van der Waals surface area contributed by atoms with E-state index in [4.69, 9.17) is 0 Å². The highest BCUT2D eigenvalue weighted by molar-refractivity contribution is 5.79. The van der Waals surface area contributed by atoms with E-state index in [9.17, 15) is 9.59 Å². The predicted octanol–water partition coefficient (Wildman–Crippen LogP) is 3.19. The van der Waals surface area contributed by atoms with Crippen molar-refractivity contribution < 1.29 is 9.59 Å². The molecule has 0 bridgehead atoms. The summed E-state index contributed by atoms with van der Waals surface area (Å²) in [5.41, 5.74) is 2.45. The van der Waals surface area contributed by atoms with Gasteiger partial charge in [0.2, 0.25) is 11.8 Å². The Morgan fingerprint density at radius 3 is 2.39 bits per heavy atom. The van der Waals surface area contributed by atoms with Gasteiger partial charge in [-0.1, -0.05) is 43.2 Å². The Morgan fingerprint density at radius 2 is 1.79 bits per heavy atom. The third kappa shape index (κ3) is 6.06. The van der Waals surface area contributed by atoms with E-state index in [0.717, 1.165) is 45.3 Å². The average molecular weight is 386 g/mol. The van der Waals surface area contributed by atoms with Gasteiger partial charge in [0, 0.05) is 12.5 Å². The normalized spacial score (nSPS) is 19.2. The number of unbranched alkanes of at least 4 members (excludes halogenated alkanes) is 1. The Balaban J connectivity index is 1.43. The van der Waals surface area contributed by atoms with Crippen molar-refractivity contribution in [2.75, 3.05) is 26.2 Å². The second-order valence-electron chi connectivity index (χ2n) is 8.49. The number of carbonyl (C=O) groups is 2. The molecule has 154 valence electrons. The number of carbonyl (C=O) groups excluding carboxylic acids is 2. The van der Waals surface area contributed by atoms with Gasteiger partial charge in [-0.15, -0.1) is 0 Å². The molecule has 0 radical (unpaired) electrons. The van der Waals surface area contributed by atoms with Crippen molar-refractivity contribution in [3.05, 3.63) is 35.4 Å². The summed E-state index contributed by atoms with van der Waals surface area (Å²) in [6, 6.07) is 8.65. The van der Waals surface area contributed by atoms with Crippen molar-refractivity contribution in [2.45, 2.75) is 58.4 Å². The van der Waals surface area contributed by atoms with Crippen LogP contribution in [0.4, 0.5) is 0 Å². The van der Waals surface area contributed by atoms with Gasteiger partial charge in [0.05, 0.1) is 12.6 Å². The van der Waals surface area contributed by atoms with Crippen LogP contribution >= 0.6 is 0 Å². The topological polar surface area (TPSA) is 61.4 Å². The van der Waals surface area contributed by atoms with E-state index in [2.05, 4.69) is 53.6 Å². The number of nitrogens with one attached hydrogen (secondary N) is 2. The molecule has 1 saturated carbocycles. The number of aryl methyl sites for hydroxylation is 1. The largest absolute Gasteiger partial charge is 0.356 e. The molecule has 0 aromatic heterocycles. The van der Waals surface area contributed by atoms with E-state index in [0.29, 0.717) is 12.5 Å². The van der Waals surface area contributed by atoms with Crippen LogP contribution in [0.2, 0.25) is 0 Å². The van der Waals surface area contributed by atoms with Crippen LogP contribution < -0.4 is 10.6 Å². The zero-order valence-corrected chi connectivity index (χ0v) is 17.4. The van der Waals surface area contributed by atoms with Crippen LogP contribution in [0.5, 0.6) is 0 Å². The third-order valence-corrected chi connectivity index (χ3v) is 6.00. The molecule has 5 nitrogen and oxygen atoms in total. The van der Waals surface area contributed by atoms with Crippen LogP contribution in [0.25, 0.3) is 0 Å². The molecule has 28 heavy (non-hydrogen) atoms. The molecule has 1 aliphatic carbocycles. The number of benzene rings is 1. The van der Waals surface area contributed by atoms with E-state index < -0.39 is 0 Å². The van der Waals surface area contributed by atoms with Gasteiger partial charge < -0.3 is 10.6 Å². The average Bonchev–Trinajstić information content (AvgIpc) is 3.53. The summed E-state index contributed by atoms with van der Waals surface area (Å²) in [6.07, 6.45) is 6.20. The van der Waals surface area contributed by atoms with Gasteiger partial charge in [-0.2, -0.15) is 0 Å². The minimum Gasteiger partial charge on any atom is -0.356 e. The second-order valence-corrected chi connectivity index (χ2v) is 8.49. The molecular weight excluding hydrogens is 350 g/mol. The molecule has 2 aliphatic rings. The fourth-order valence-electron chi connectivity index (χ4n) is 3.98. The van der Waals surface area contributed by atoms with E-state index in [1.165, 1.54) is 24.0 Å². The van der Waals surface area contributed by atoms with E-state index >= 15 is 0 Å². The van der Waals surface area contributed by atoms with Crippen LogP contribution in [0.3, 0.4) is 0 Å². The van der Waals surface area contributed by atoms with Crippen molar-refractivity contribution in [1.29, 1.82) is 0 Å². The monoisotopic (exact) mass is 385 g/mol. The zero-order valence-electron chi connectivity index (χ0n) is 17.4. The van der Waals surface area contributed by atoms with Gasteiger partial charge in [-0.3, -0.25) is 14.5 Å². The predicted molar refractivity (Wildman–Crippen MR) is 112 cm³/mol. The van der Waals surface area contributed by atoms with Crippen LogP contribution in [0, 0.1) is 18.8 Å². The van der Waals surface area contributed by atoms with E-state index in [1.54, 1.807) is 0 Å². The summed E-state index contributed by atoms with van der Waals surface area (Å²) >= 11 is 0. The fourth-order valence-corrected chi connectivity index (χ4v) is 3.98. The molecule has 0 spiro atoms. The molecule has 1 aromatic carbocycles. The quantitative estimate of drug-likeness (QED) is 0.642. The molecule has 1 atom stereocenters. The van der Waals surface area contributed by atoms with Gasteiger partial charge in [0.15, 0.2) is 0 Å². The van der Waals surface area contributed by atoms with Crippen LogP contribution in [0.15, 0.2) is 24.3 Å². The van der Waals surface area contributed by atoms with Crippen molar-refractivity contribution in [1.82, 2.24) is 15.5 Å². The number of hydrogen-bond acceptors (Lipinski definition) is 3. The van der Waals surface area contributed by atoms with Crippen molar-refractivity contribution >= 4 is 11.8 Å². The standard InChI is InChI=1S/C23H35N3O2/c1-3-4-13-24-23(28)20-11-14-26(15-12-20)16-21(27)25-22(19-9-10-19)18-7-5-17(2)6-8-18/h5-8,19-20,22H,3-4,9-16H2,1-2H3,(H,24,28)(H,25,27). The third-order valence-electron chi connectivity index (χ3n) is 6.00. The molecule has 2 fully saturated rings. The Labute approximate surface area is 169 Å². The van der Waals surface area contributed by atoms with Gasteiger partial charge in [0.1, 0.15) is 0 Å². The maximum atomic E-state index is 12.7. The summed E-state index contributed by atoms with van der Waals surface area (Å²) in [5.74, 6) is 0.959. The first kappa shape index (κ1) is 20.8. The SMILES string of the molecule is CCCCNC(=O)C1CCN(CC(=O)NC(c2ccc(C)cc2)C2CC2)CC1. The number of nitrogens with zero attached hydrogens (tertiary/aromatic N) is 1. The van der Waals surface area contributed by atoms with Gasteiger partial charge in [0.25, 0.3) is 0 Å². The highest BCUT2D eigenvalue weighted by Gasteiger charge is 2.34. The first-order valence-electron chi connectivity index (χ1n) is 10.9. The van der Waals surface area contributed by atoms with E-state index in [1.807, 2.05) is 0 Å². The van der Waals surface area contributed by atoms with Crippen LogP contribution in [0.1, 0.15) is 62.6 Å². The van der Waals surface area contributed by atoms with Crippen molar-refractivity contribution in [2.24, 2.45) is 11.8 Å². The lowest BCUT2D eigenvalue weighted by Crippen LogP contribution is -2.45. The molecule has 1 heterocycles. The van der Waals surface area contributed by atoms with Gasteiger partial charge in [-0.25, -0.2) is 0 Å². The Morgan fingerprint density at radius 1 is 1.11 bits per heavy atom. The smallest absolute Gasteiger partial charge is 0.234 e. The number of amides is 2. The lowest BCUT2D eigenvalue weighted by atomic mass is 9.96. The molecule has 2 N–H and O–H groups in total. The Hall–Kier alpha value is -1.88. The van der Waals surface area contributed by atoms with Gasteiger partial charge in [-0.05, 0) is 63.6 Å². The minimum absolute atomic E-state index is 0.0999. The highest BCUT2D eigenvalue weighted by atomic mass is 16.2. The number of likely N-dealkylation sites (tertiary alicyclic amines) is 1. The Bertz CT molecular complexity index is 646. The maximum Gasteiger partial charge on any atom is 0.234 e. The molecule has 1 aliphatic heterocycles. The molecule has 1 unspecified atom stereocenters. The van der Waals surface area contributed by atoms with Crippen LogP contribution in [-0.4, -0.2) is 42.9 Å². The number of hydrogen-bond donors (Lipinski definition) is 2. The number of piperidine rings is 1. The Kier molecular flexibility index (Phi) is 7.49.